The summed E-state index contributed by atoms with van der Waals surface area (Å²) in [5.41, 5.74) is -0.468. The van der Waals surface area contributed by atoms with E-state index in [4.69, 9.17) is 28.0 Å². The first kappa shape index (κ1) is 20.2. The predicted octanol–water partition coefficient (Wildman–Crippen LogP) is 6.02. The number of hydrogen-bond donors (Lipinski definition) is 0. The van der Waals surface area contributed by atoms with Gasteiger partial charge in [0.1, 0.15) is 6.29 Å². The third-order valence-electron chi connectivity index (χ3n) is 5.39. The molecule has 0 radical (unpaired) electrons. The van der Waals surface area contributed by atoms with Crippen LogP contribution in [0.2, 0.25) is 10.0 Å². The van der Waals surface area contributed by atoms with Crippen molar-refractivity contribution in [1.29, 1.82) is 0 Å². The topological polar surface area (TPSA) is 38.7 Å². The molecule has 0 fully saturated rings. The highest BCUT2D eigenvalue weighted by Crippen LogP contribution is 2.50. The molecule has 0 amide bonds. The number of carbonyl (C=O) groups excluding carboxylic acids is 1. The highest BCUT2D eigenvalue weighted by atomic mass is 35.5. The van der Waals surface area contributed by atoms with Crippen LogP contribution in [-0.4, -0.2) is 18.2 Å². The molecule has 0 aromatic heterocycles. The molecule has 4 rings (SSSR count). The van der Waals surface area contributed by atoms with Gasteiger partial charge in [-0.3, -0.25) is 4.79 Å². The average Bonchev–Trinajstić information content (AvgIpc) is 3.32. The van der Waals surface area contributed by atoms with Crippen molar-refractivity contribution in [2.45, 2.75) is 37.5 Å². The summed E-state index contributed by atoms with van der Waals surface area (Å²) in [6.07, 6.45) is -2.63. The van der Waals surface area contributed by atoms with Crippen LogP contribution < -0.4 is 0 Å². The van der Waals surface area contributed by atoms with Crippen molar-refractivity contribution in [2.75, 3.05) is 0 Å². The van der Waals surface area contributed by atoms with Crippen molar-refractivity contribution < 1.29 is 27.2 Å². The van der Waals surface area contributed by atoms with Crippen LogP contribution in [0.5, 0.6) is 0 Å². The average molecular weight is 446 g/mol. The Morgan fingerprint density at radius 3 is 2.38 bits per heavy atom. The number of halogens is 6. The Labute approximate surface area is 173 Å². The van der Waals surface area contributed by atoms with E-state index in [1.165, 1.54) is 0 Å². The van der Waals surface area contributed by atoms with Gasteiger partial charge in [0, 0.05) is 23.1 Å². The molecule has 1 unspecified atom stereocenters. The molecule has 29 heavy (non-hydrogen) atoms. The smallest absolute Gasteiger partial charge is 0.374 e. The summed E-state index contributed by atoms with van der Waals surface area (Å²) < 4.78 is 56.1. The minimum absolute atomic E-state index is 0.106. The Hall–Kier alpha value is -2.12. The standard InChI is InChI=1S/C20H13Cl2F4NO2/c21-15-6-11(7-16(22)18(15)23)19(20(24,25)26)8-17(27-29-19)14-5-4-10(9-28)12-2-1-3-13(12)14/h4-7,9H,1-3,8H2. The van der Waals surface area contributed by atoms with E-state index in [1.54, 1.807) is 12.1 Å². The minimum Gasteiger partial charge on any atom is -0.374 e. The lowest BCUT2D eigenvalue weighted by molar-refractivity contribution is -0.275. The molecule has 2 aliphatic rings. The lowest BCUT2D eigenvalue weighted by Crippen LogP contribution is -2.42. The summed E-state index contributed by atoms with van der Waals surface area (Å²) in [6, 6.07) is 4.88. The van der Waals surface area contributed by atoms with Crippen LogP contribution >= 0.6 is 23.2 Å². The molecule has 2 aromatic rings. The summed E-state index contributed by atoms with van der Waals surface area (Å²) in [7, 11) is 0. The summed E-state index contributed by atoms with van der Waals surface area (Å²) in [5, 5.41) is 2.67. The van der Waals surface area contributed by atoms with Crippen molar-refractivity contribution in [3.63, 3.8) is 0 Å². The first-order valence-corrected chi connectivity index (χ1v) is 9.50. The van der Waals surface area contributed by atoms with Crippen molar-refractivity contribution in [2.24, 2.45) is 5.16 Å². The number of fused-ring (bicyclic) bond motifs is 1. The van der Waals surface area contributed by atoms with Gasteiger partial charge in [-0.1, -0.05) is 40.5 Å². The van der Waals surface area contributed by atoms with Crippen molar-refractivity contribution >= 4 is 35.2 Å². The van der Waals surface area contributed by atoms with Gasteiger partial charge in [-0.2, -0.15) is 13.2 Å². The maximum absolute atomic E-state index is 14.1. The molecule has 1 aliphatic carbocycles. The number of alkyl halides is 3. The Morgan fingerprint density at radius 1 is 1.10 bits per heavy atom. The SMILES string of the molecule is O=Cc1ccc(C2=NOC(c3cc(Cl)c(F)c(Cl)c3)(C(F)(F)F)C2)c2c1CCC2. The fraction of sp³-hybridized carbons (Fsp3) is 0.300. The van der Waals surface area contributed by atoms with E-state index >= 15 is 0 Å². The van der Waals surface area contributed by atoms with Gasteiger partial charge in [-0.15, -0.1) is 0 Å². The number of nitrogens with zero attached hydrogens (tertiary/aromatic N) is 1. The minimum atomic E-state index is -4.87. The molecule has 152 valence electrons. The predicted molar refractivity (Wildman–Crippen MR) is 100 cm³/mol. The molecule has 1 heterocycles. The van der Waals surface area contributed by atoms with Crippen LogP contribution in [-0.2, 0) is 23.3 Å². The molecule has 9 heteroatoms. The Morgan fingerprint density at radius 2 is 1.76 bits per heavy atom. The number of hydrogen-bond acceptors (Lipinski definition) is 3. The van der Waals surface area contributed by atoms with Crippen LogP contribution in [0.15, 0.2) is 29.4 Å². The molecule has 2 aromatic carbocycles. The number of oxime groups is 1. The maximum Gasteiger partial charge on any atom is 0.435 e. The van der Waals surface area contributed by atoms with E-state index in [0.717, 1.165) is 36.0 Å². The zero-order valence-electron chi connectivity index (χ0n) is 14.7. The zero-order valence-corrected chi connectivity index (χ0v) is 16.3. The molecule has 0 saturated heterocycles. The molecule has 1 aliphatic heterocycles. The first-order valence-electron chi connectivity index (χ1n) is 8.75. The van der Waals surface area contributed by atoms with E-state index in [1.807, 2.05) is 0 Å². The third-order valence-corrected chi connectivity index (χ3v) is 5.94. The monoisotopic (exact) mass is 445 g/mol. The van der Waals surface area contributed by atoms with Gasteiger partial charge in [0.2, 0.25) is 0 Å². The number of carbonyl (C=O) groups is 1. The van der Waals surface area contributed by atoms with Gasteiger partial charge in [0.15, 0.2) is 5.82 Å². The second-order valence-corrected chi connectivity index (χ2v) is 7.83. The van der Waals surface area contributed by atoms with Crippen molar-refractivity contribution in [3.8, 4) is 0 Å². The van der Waals surface area contributed by atoms with E-state index in [0.29, 0.717) is 24.0 Å². The first-order chi connectivity index (χ1) is 13.7. The van der Waals surface area contributed by atoms with Gasteiger partial charge in [0.25, 0.3) is 5.60 Å². The normalized spacial score (nSPS) is 21.0. The third kappa shape index (κ3) is 3.11. The fourth-order valence-electron chi connectivity index (χ4n) is 3.95. The molecule has 0 saturated carbocycles. The second kappa shape index (κ2) is 6.99. The van der Waals surface area contributed by atoms with Gasteiger partial charge in [0.05, 0.1) is 15.8 Å². The maximum atomic E-state index is 14.1. The quantitative estimate of drug-likeness (QED) is 0.329. The summed E-state index contributed by atoms with van der Waals surface area (Å²) >= 11 is 11.4. The van der Waals surface area contributed by atoms with Crippen molar-refractivity contribution in [1.82, 2.24) is 0 Å². The van der Waals surface area contributed by atoms with E-state index in [9.17, 15) is 22.4 Å². The van der Waals surface area contributed by atoms with Crippen molar-refractivity contribution in [3.05, 3.63) is 67.9 Å². The van der Waals surface area contributed by atoms with Gasteiger partial charge >= 0.3 is 6.18 Å². The van der Waals surface area contributed by atoms with Gasteiger partial charge in [-0.05, 0) is 42.5 Å². The van der Waals surface area contributed by atoms with Crippen LogP contribution in [0.3, 0.4) is 0 Å². The molecule has 1 atom stereocenters. The lowest BCUT2D eigenvalue weighted by Gasteiger charge is -2.29. The fourth-order valence-corrected chi connectivity index (χ4v) is 4.44. The molecule has 0 spiro atoms. The molecular weight excluding hydrogens is 433 g/mol. The number of benzene rings is 2. The van der Waals surface area contributed by atoms with Gasteiger partial charge < -0.3 is 4.84 Å². The summed E-state index contributed by atoms with van der Waals surface area (Å²) in [6.45, 7) is 0. The van der Waals surface area contributed by atoms with E-state index in [2.05, 4.69) is 5.16 Å². The van der Waals surface area contributed by atoms with E-state index < -0.39 is 39.6 Å². The Bertz CT molecular complexity index is 1030. The van der Waals surface area contributed by atoms with E-state index in [-0.39, 0.29) is 5.71 Å². The largest absolute Gasteiger partial charge is 0.435 e. The van der Waals surface area contributed by atoms with Crippen LogP contribution in [0.4, 0.5) is 17.6 Å². The van der Waals surface area contributed by atoms with Crippen LogP contribution in [0.1, 0.15) is 45.5 Å². The highest BCUT2D eigenvalue weighted by Gasteiger charge is 2.62. The molecule has 0 N–H and O–H groups in total. The molecular formula is C20H13Cl2F4NO2. The van der Waals surface area contributed by atoms with Crippen LogP contribution in [0, 0.1) is 5.82 Å². The highest BCUT2D eigenvalue weighted by molar-refractivity contribution is 6.35. The zero-order chi connectivity index (χ0) is 21.0. The molecule has 0 bridgehead atoms. The Balaban J connectivity index is 1.79. The number of aldehydes is 1. The van der Waals surface area contributed by atoms with Gasteiger partial charge in [-0.25, -0.2) is 4.39 Å². The summed E-state index contributed by atoms with van der Waals surface area (Å²) in [4.78, 5) is 16.2. The van der Waals surface area contributed by atoms with Crippen LogP contribution in [0.25, 0.3) is 0 Å². The number of rotatable bonds is 3. The summed E-state index contributed by atoms with van der Waals surface area (Å²) in [5.74, 6) is -1.00. The lowest BCUT2D eigenvalue weighted by atomic mass is 9.85. The Kier molecular flexibility index (Phi) is 4.86. The molecule has 3 nitrogen and oxygen atoms in total. The second-order valence-electron chi connectivity index (χ2n) is 7.02.